The molecule has 5 nitrogen and oxygen atoms in total. The van der Waals surface area contributed by atoms with Crippen LogP contribution in [0.4, 0.5) is 24.5 Å². The second-order valence-electron chi connectivity index (χ2n) is 7.78. The minimum absolute atomic E-state index is 0.0161. The van der Waals surface area contributed by atoms with Gasteiger partial charge < -0.3 is 5.32 Å². The summed E-state index contributed by atoms with van der Waals surface area (Å²) in [5.74, 6) is -0.813. The lowest BCUT2D eigenvalue weighted by molar-refractivity contribution is -0.137. The van der Waals surface area contributed by atoms with Crippen molar-refractivity contribution >= 4 is 38.9 Å². The molecule has 0 fully saturated rings. The minimum Gasteiger partial charge on any atom is -0.324 e. The van der Waals surface area contributed by atoms with Gasteiger partial charge in [0.15, 0.2) is 0 Å². The monoisotopic (exact) mass is 510 g/mol. The van der Waals surface area contributed by atoms with Crippen LogP contribution >= 0.6 is 11.6 Å². The Hall–Kier alpha value is -3.04. The van der Waals surface area contributed by atoms with E-state index in [4.69, 9.17) is 11.6 Å². The van der Waals surface area contributed by atoms with Crippen LogP contribution in [0.2, 0.25) is 5.02 Å². The van der Waals surface area contributed by atoms with E-state index in [1.807, 2.05) is 19.9 Å². The van der Waals surface area contributed by atoms with Gasteiger partial charge >= 0.3 is 6.18 Å². The molecule has 0 spiro atoms. The molecule has 0 aliphatic heterocycles. The fourth-order valence-electron chi connectivity index (χ4n) is 3.29. The van der Waals surface area contributed by atoms with Crippen molar-refractivity contribution in [2.75, 3.05) is 16.2 Å². The number of nitrogens with one attached hydrogen (secondary N) is 1. The number of carbonyl (C=O) groups is 1. The molecule has 0 unspecified atom stereocenters. The van der Waals surface area contributed by atoms with Crippen LogP contribution in [0.15, 0.2) is 65.6 Å². The third-order valence-corrected chi connectivity index (χ3v) is 7.40. The zero-order chi connectivity index (χ0) is 25.3. The third kappa shape index (κ3) is 5.53. The molecule has 3 aromatic rings. The maximum Gasteiger partial charge on any atom is 0.417 e. The standard InChI is InChI=1S/C24H22ClF3N2O3S/c1-15-7-10-19(11-8-15)34(32,33)30(22-6-4-5-16(2)17(22)3)14-23(31)29-18-9-12-21(25)20(13-18)24(26,27)28/h4-13H,14H2,1-3H3,(H,29,31). The summed E-state index contributed by atoms with van der Waals surface area (Å²) >= 11 is 5.63. The molecule has 0 saturated heterocycles. The summed E-state index contributed by atoms with van der Waals surface area (Å²) in [7, 11) is -4.16. The van der Waals surface area contributed by atoms with E-state index in [2.05, 4.69) is 5.32 Å². The van der Waals surface area contributed by atoms with Gasteiger partial charge in [0.25, 0.3) is 10.0 Å². The van der Waals surface area contributed by atoms with Gasteiger partial charge in [-0.3, -0.25) is 9.10 Å². The Morgan fingerprint density at radius 1 is 1.00 bits per heavy atom. The molecule has 0 heterocycles. The van der Waals surface area contributed by atoms with Crippen LogP contribution in [0.5, 0.6) is 0 Å². The molecule has 1 amide bonds. The number of hydrogen-bond acceptors (Lipinski definition) is 3. The zero-order valence-electron chi connectivity index (χ0n) is 18.6. The van der Waals surface area contributed by atoms with E-state index in [-0.39, 0.29) is 10.6 Å². The van der Waals surface area contributed by atoms with Crippen LogP contribution in [0.3, 0.4) is 0 Å². The van der Waals surface area contributed by atoms with E-state index >= 15 is 0 Å². The first-order valence-corrected chi connectivity index (χ1v) is 11.9. The molecule has 3 rings (SSSR count). The molecule has 34 heavy (non-hydrogen) atoms. The van der Waals surface area contributed by atoms with Crippen LogP contribution in [0.1, 0.15) is 22.3 Å². The van der Waals surface area contributed by atoms with E-state index in [1.54, 1.807) is 31.2 Å². The normalized spacial score (nSPS) is 11.9. The van der Waals surface area contributed by atoms with Crippen molar-refractivity contribution in [3.8, 4) is 0 Å². The first-order chi connectivity index (χ1) is 15.8. The molecule has 0 bridgehead atoms. The molecule has 0 radical (unpaired) electrons. The van der Waals surface area contributed by atoms with Crippen LogP contribution in [-0.2, 0) is 21.0 Å². The summed E-state index contributed by atoms with van der Waals surface area (Å²) in [4.78, 5) is 12.8. The first-order valence-electron chi connectivity index (χ1n) is 10.1. The Kier molecular flexibility index (Phi) is 7.28. The van der Waals surface area contributed by atoms with Crippen LogP contribution < -0.4 is 9.62 Å². The summed E-state index contributed by atoms with van der Waals surface area (Å²) in [6.45, 7) is 4.70. The summed E-state index contributed by atoms with van der Waals surface area (Å²) in [5.41, 5.74) is 1.35. The van der Waals surface area contributed by atoms with Gasteiger partial charge in [-0.2, -0.15) is 13.2 Å². The summed E-state index contributed by atoms with van der Waals surface area (Å²) in [6, 6.07) is 14.1. The number of halogens is 4. The highest BCUT2D eigenvalue weighted by molar-refractivity contribution is 7.92. The lowest BCUT2D eigenvalue weighted by atomic mass is 10.1. The third-order valence-electron chi connectivity index (χ3n) is 5.30. The van der Waals surface area contributed by atoms with Crippen LogP contribution in [0.25, 0.3) is 0 Å². The van der Waals surface area contributed by atoms with Crippen molar-refractivity contribution in [1.29, 1.82) is 0 Å². The SMILES string of the molecule is Cc1ccc(S(=O)(=O)N(CC(=O)Nc2ccc(Cl)c(C(F)(F)F)c2)c2cccc(C)c2C)cc1. The second-order valence-corrected chi connectivity index (χ2v) is 10.1. The number of carbonyl (C=O) groups excluding carboxylic acids is 1. The molecule has 0 aliphatic rings. The van der Waals surface area contributed by atoms with Gasteiger partial charge in [-0.25, -0.2) is 8.42 Å². The first kappa shape index (κ1) is 25.6. The largest absolute Gasteiger partial charge is 0.417 e. The Morgan fingerprint density at radius 3 is 2.26 bits per heavy atom. The second kappa shape index (κ2) is 9.68. The summed E-state index contributed by atoms with van der Waals surface area (Å²) < 4.78 is 67.5. The van der Waals surface area contributed by atoms with Crippen LogP contribution in [-0.4, -0.2) is 20.9 Å². The number of nitrogens with zero attached hydrogens (tertiary/aromatic N) is 1. The molecule has 1 N–H and O–H groups in total. The lowest BCUT2D eigenvalue weighted by Crippen LogP contribution is -2.38. The lowest BCUT2D eigenvalue weighted by Gasteiger charge is -2.26. The molecule has 3 aromatic carbocycles. The van der Waals surface area contributed by atoms with E-state index in [0.29, 0.717) is 17.3 Å². The predicted molar refractivity (Wildman–Crippen MR) is 127 cm³/mol. The molecule has 10 heteroatoms. The number of benzene rings is 3. The van der Waals surface area contributed by atoms with Gasteiger partial charge in [-0.05, 0) is 68.3 Å². The summed E-state index contributed by atoms with van der Waals surface area (Å²) in [5, 5.41) is 1.84. The highest BCUT2D eigenvalue weighted by Gasteiger charge is 2.34. The average Bonchev–Trinajstić information content (AvgIpc) is 2.75. The summed E-state index contributed by atoms with van der Waals surface area (Å²) in [6.07, 6.45) is -4.71. The molecule has 0 aliphatic carbocycles. The van der Waals surface area contributed by atoms with E-state index in [9.17, 15) is 26.4 Å². The average molecular weight is 511 g/mol. The Bertz CT molecular complexity index is 1320. The maximum atomic E-state index is 13.5. The Labute approximate surface area is 201 Å². The van der Waals surface area contributed by atoms with E-state index in [1.165, 1.54) is 18.2 Å². The minimum atomic E-state index is -4.71. The zero-order valence-corrected chi connectivity index (χ0v) is 20.1. The topological polar surface area (TPSA) is 66.5 Å². The molecular formula is C24H22ClF3N2O3S. The number of alkyl halides is 3. The highest BCUT2D eigenvalue weighted by Crippen LogP contribution is 2.36. The molecular weight excluding hydrogens is 489 g/mol. The van der Waals surface area contributed by atoms with Crippen molar-refractivity contribution in [2.24, 2.45) is 0 Å². The van der Waals surface area contributed by atoms with Crippen molar-refractivity contribution in [3.05, 3.63) is 87.9 Å². The van der Waals surface area contributed by atoms with Gasteiger partial charge in [0.2, 0.25) is 5.91 Å². The van der Waals surface area contributed by atoms with E-state index < -0.39 is 39.2 Å². The van der Waals surface area contributed by atoms with Crippen molar-refractivity contribution in [3.63, 3.8) is 0 Å². The van der Waals surface area contributed by atoms with Crippen LogP contribution in [0, 0.1) is 20.8 Å². The molecule has 0 atom stereocenters. The molecule has 0 aromatic heterocycles. The van der Waals surface area contributed by atoms with Crippen molar-refractivity contribution in [2.45, 2.75) is 31.8 Å². The van der Waals surface area contributed by atoms with E-state index in [0.717, 1.165) is 21.5 Å². The van der Waals surface area contributed by atoms with Gasteiger partial charge in [0.05, 0.1) is 21.2 Å². The molecule has 180 valence electrons. The highest BCUT2D eigenvalue weighted by atomic mass is 35.5. The quantitative estimate of drug-likeness (QED) is 0.434. The van der Waals surface area contributed by atoms with Crippen molar-refractivity contribution in [1.82, 2.24) is 0 Å². The van der Waals surface area contributed by atoms with Crippen molar-refractivity contribution < 1.29 is 26.4 Å². The van der Waals surface area contributed by atoms with Gasteiger partial charge in [0.1, 0.15) is 6.54 Å². The number of aryl methyl sites for hydroxylation is 2. The fourth-order valence-corrected chi connectivity index (χ4v) is 5.00. The molecule has 0 saturated carbocycles. The number of anilines is 2. The van der Waals surface area contributed by atoms with Gasteiger partial charge in [0, 0.05) is 5.69 Å². The number of amides is 1. The Balaban J connectivity index is 1.99. The number of sulfonamides is 1. The maximum absolute atomic E-state index is 13.5. The number of hydrogen-bond donors (Lipinski definition) is 1. The fraction of sp³-hybridized carbons (Fsp3) is 0.208. The van der Waals surface area contributed by atoms with Gasteiger partial charge in [-0.1, -0.05) is 41.4 Å². The predicted octanol–water partition coefficient (Wildman–Crippen LogP) is 6.12. The van der Waals surface area contributed by atoms with Gasteiger partial charge in [-0.15, -0.1) is 0 Å². The smallest absolute Gasteiger partial charge is 0.324 e. The Morgan fingerprint density at radius 2 is 1.65 bits per heavy atom. The number of rotatable bonds is 6.